The molecule has 0 saturated carbocycles. The molecule has 6 heteroatoms. The molecular formula is C14H19NO4S. The quantitative estimate of drug-likeness (QED) is 0.873. The zero-order chi connectivity index (χ0) is 14.8. The number of rotatable bonds is 5. The van der Waals surface area contributed by atoms with Gasteiger partial charge < -0.3 is 15.2 Å². The van der Waals surface area contributed by atoms with Gasteiger partial charge in [0.25, 0.3) is 5.91 Å². The summed E-state index contributed by atoms with van der Waals surface area (Å²) in [6, 6.07) is 1.81. The molecule has 0 radical (unpaired) electrons. The van der Waals surface area contributed by atoms with Crippen molar-refractivity contribution in [2.24, 2.45) is 0 Å². The smallest absolute Gasteiger partial charge is 0.329 e. The normalized spacial score (nSPS) is 17.1. The molecule has 1 amide bonds. The number of nitrogens with one attached hydrogen (secondary N) is 1. The molecule has 5 nitrogen and oxygen atoms in total. The van der Waals surface area contributed by atoms with Gasteiger partial charge in [0.1, 0.15) is 5.54 Å². The van der Waals surface area contributed by atoms with E-state index in [0.717, 1.165) is 16.9 Å². The van der Waals surface area contributed by atoms with Gasteiger partial charge in [-0.1, -0.05) is 13.3 Å². The Labute approximate surface area is 121 Å². The van der Waals surface area contributed by atoms with E-state index < -0.39 is 11.5 Å². The van der Waals surface area contributed by atoms with Crippen molar-refractivity contribution in [3.05, 3.63) is 21.4 Å². The number of fused-ring (bicyclic) bond motifs is 1. The first-order valence-electron chi connectivity index (χ1n) is 6.71. The van der Waals surface area contributed by atoms with E-state index >= 15 is 0 Å². The van der Waals surface area contributed by atoms with Crippen LogP contribution in [0.4, 0.5) is 0 Å². The van der Waals surface area contributed by atoms with E-state index in [4.69, 9.17) is 4.74 Å². The molecule has 2 N–H and O–H groups in total. The van der Waals surface area contributed by atoms with Crippen molar-refractivity contribution in [1.82, 2.24) is 5.32 Å². The summed E-state index contributed by atoms with van der Waals surface area (Å²) in [4.78, 5) is 25.3. The van der Waals surface area contributed by atoms with Crippen LogP contribution in [0.25, 0.3) is 0 Å². The fourth-order valence-electron chi connectivity index (χ4n) is 2.29. The van der Waals surface area contributed by atoms with Gasteiger partial charge in [0.2, 0.25) is 0 Å². The molecule has 1 unspecified atom stereocenters. The first-order chi connectivity index (χ1) is 9.46. The molecular weight excluding hydrogens is 278 g/mol. The lowest BCUT2D eigenvalue weighted by Gasteiger charge is -2.25. The molecule has 1 aromatic heterocycles. The molecule has 0 bridgehead atoms. The van der Waals surface area contributed by atoms with Gasteiger partial charge >= 0.3 is 5.97 Å². The van der Waals surface area contributed by atoms with Crippen LogP contribution in [-0.2, 0) is 22.6 Å². The van der Waals surface area contributed by atoms with Crippen LogP contribution in [-0.4, -0.2) is 29.1 Å². The lowest BCUT2D eigenvalue weighted by atomic mass is 9.96. The van der Waals surface area contributed by atoms with Gasteiger partial charge in [-0.15, -0.1) is 11.3 Å². The van der Waals surface area contributed by atoms with Crippen LogP contribution in [0.2, 0.25) is 0 Å². The van der Waals surface area contributed by atoms with Crippen molar-refractivity contribution in [1.29, 1.82) is 0 Å². The lowest BCUT2D eigenvalue weighted by Crippen LogP contribution is -2.51. The number of ether oxygens (including phenoxy) is 1. The Hall–Kier alpha value is -1.40. The maximum absolute atomic E-state index is 12.3. The number of carboxylic acids is 1. The van der Waals surface area contributed by atoms with Crippen molar-refractivity contribution in [2.75, 3.05) is 6.61 Å². The second-order valence-corrected chi connectivity index (χ2v) is 6.34. The number of hydrogen-bond donors (Lipinski definition) is 2. The van der Waals surface area contributed by atoms with Crippen LogP contribution in [0, 0.1) is 0 Å². The number of carbonyl (C=O) groups excluding carboxylic acids is 1. The van der Waals surface area contributed by atoms with Crippen LogP contribution in [0.3, 0.4) is 0 Å². The van der Waals surface area contributed by atoms with E-state index in [-0.39, 0.29) is 5.91 Å². The minimum absolute atomic E-state index is 0.317. The van der Waals surface area contributed by atoms with E-state index in [1.165, 1.54) is 11.3 Å². The van der Waals surface area contributed by atoms with Gasteiger partial charge in [0, 0.05) is 11.3 Å². The molecule has 1 atom stereocenters. The number of amides is 1. The van der Waals surface area contributed by atoms with E-state index in [1.807, 2.05) is 13.0 Å². The third-order valence-corrected chi connectivity index (χ3v) is 4.70. The van der Waals surface area contributed by atoms with Gasteiger partial charge in [-0.05, 0) is 25.0 Å². The van der Waals surface area contributed by atoms with Gasteiger partial charge in [-0.25, -0.2) is 4.79 Å². The van der Waals surface area contributed by atoms with E-state index in [2.05, 4.69) is 5.32 Å². The Balaban J connectivity index is 2.14. The topological polar surface area (TPSA) is 75.6 Å². The lowest BCUT2D eigenvalue weighted by molar-refractivity contribution is -0.144. The maximum Gasteiger partial charge on any atom is 0.329 e. The highest BCUT2D eigenvalue weighted by atomic mass is 32.1. The molecule has 0 aliphatic carbocycles. The minimum Gasteiger partial charge on any atom is -0.480 e. The Morgan fingerprint density at radius 3 is 2.90 bits per heavy atom. The zero-order valence-corrected chi connectivity index (χ0v) is 12.5. The average Bonchev–Trinajstić information content (AvgIpc) is 2.82. The van der Waals surface area contributed by atoms with E-state index in [0.29, 0.717) is 30.9 Å². The van der Waals surface area contributed by atoms with Crippen molar-refractivity contribution < 1.29 is 19.4 Å². The first kappa shape index (κ1) is 15.0. The SMILES string of the molecule is CCCC(C)(NC(=O)c1cc2c(s1)CCOC2)C(=O)O. The van der Waals surface area contributed by atoms with Crippen LogP contribution >= 0.6 is 11.3 Å². The summed E-state index contributed by atoms with van der Waals surface area (Å²) in [5, 5.41) is 11.9. The molecule has 1 aliphatic heterocycles. The summed E-state index contributed by atoms with van der Waals surface area (Å²) in [6.45, 7) is 4.66. The summed E-state index contributed by atoms with van der Waals surface area (Å²) >= 11 is 1.43. The summed E-state index contributed by atoms with van der Waals surface area (Å²) in [5.41, 5.74) is -0.175. The minimum atomic E-state index is -1.22. The standard InChI is InChI=1S/C14H19NO4S/c1-3-5-14(2,13(17)18)15-12(16)11-7-9-8-19-6-4-10(9)20-11/h7H,3-6,8H2,1-2H3,(H,15,16)(H,17,18). The molecule has 1 aliphatic rings. The number of thiophene rings is 1. The summed E-state index contributed by atoms with van der Waals surface area (Å²) < 4.78 is 5.35. The molecule has 0 saturated heterocycles. The van der Waals surface area contributed by atoms with Crippen LogP contribution in [0.1, 0.15) is 46.8 Å². The van der Waals surface area contributed by atoms with Crippen molar-refractivity contribution >= 4 is 23.2 Å². The third kappa shape index (κ3) is 3.02. The highest BCUT2D eigenvalue weighted by Crippen LogP contribution is 2.27. The van der Waals surface area contributed by atoms with Gasteiger partial charge in [-0.3, -0.25) is 4.79 Å². The number of carboxylic acid groups (broad SMARTS) is 1. The number of carbonyl (C=O) groups is 2. The molecule has 2 rings (SSSR count). The van der Waals surface area contributed by atoms with Crippen molar-refractivity contribution in [3.8, 4) is 0 Å². The van der Waals surface area contributed by atoms with Gasteiger partial charge in [0.15, 0.2) is 0 Å². The number of aliphatic carboxylic acids is 1. The molecule has 0 aromatic carbocycles. The molecule has 0 fully saturated rings. The van der Waals surface area contributed by atoms with Crippen LogP contribution < -0.4 is 5.32 Å². The average molecular weight is 297 g/mol. The van der Waals surface area contributed by atoms with Gasteiger partial charge in [0.05, 0.1) is 18.1 Å². The van der Waals surface area contributed by atoms with Crippen LogP contribution in [0.5, 0.6) is 0 Å². The van der Waals surface area contributed by atoms with E-state index in [1.54, 1.807) is 6.92 Å². The zero-order valence-electron chi connectivity index (χ0n) is 11.7. The van der Waals surface area contributed by atoms with Gasteiger partial charge in [-0.2, -0.15) is 0 Å². The Morgan fingerprint density at radius 2 is 2.30 bits per heavy atom. The molecule has 0 spiro atoms. The molecule has 1 aromatic rings. The fraction of sp³-hybridized carbons (Fsp3) is 0.571. The number of hydrogen-bond acceptors (Lipinski definition) is 4. The first-order valence-corrected chi connectivity index (χ1v) is 7.53. The third-order valence-electron chi connectivity index (χ3n) is 3.46. The Morgan fingerprint density at radius 1 is 1.55 bits per heavy atom. The molecule has 110 valence electrons. The van der Waals surface area contributed by atoms with Crippen molar-refractivity contribution in [2.45, 2.75) is 45.3 Å². The monoisotopic (exact) mass is 297 g/mol. The Kier molecular flexibility index (Phi) is 4.45. The summed E-state index contributed by atoms with van der Waals surface area (Å²) in [6.07, 6.45) is 1.92. The maximum atomic E-state index is 12.3. The molecule has 20 heavy (non-hydrogen) atoms. The predicted molar refractivity (Wildman–Crippen MR) is 76.1 cm³/mol. The Bertz CT molecular complexity index is 502. The fourth-order valence-corrected chi connectivity index (χ4v) is 3.34. The summed E-state index contributed by atoms with van der Waals surface area (Å²) in [7, 11) is 0. The molecule has 2 heterocycles. The summed E-state index contributed by atoms with van der Waals surface area (Å²) in [5.74, 6) is -1.32. The highest BCUT2D eigenvalue weighted by molar-refractivity contribution is 7.14. The highest BCUT2D eigenvalue weighted by Gasteiger charge is 2.34. The second kappa shape index (κ2) is 5.93. The largest absolute Gasteiger partial charge is 0.480 e. The van der Waals surface area contributed by atoms with Crippen molar-refractivity contribution in [3.63, 3.8) is 0 Å². The predicted octanol–water partition coefficient (Wildman–Crippen LogP) is 2.19. The van der Waals surface area contributed by atoms with Crippen LogP contribution in [0.15, 0.2) is 6.07 Å². The second-order valence-electron chi connectivity index (χ2n) is 5.20. The van der Waals surface area contributed by atoms with E-state index in [9.17, 15) is 14.7 Å².